The summed E-state index contributed by atoms with van der Waals surface area (Å²) < 4.78 is 30.6. The van der Waals surface area contributed by atoms with E-state index in [2.05, 4.69) is 43.0 Å². The Labute approximate surface area is 242 Å². The summed E-state index contributed by atoms with van der Waals surface area (Å²) in [5.74, 6) is 1.36. The zero-order valence-electron chi connectivity index (χ0n) is 22.8. The van der Waals surface area contributed by atoms with Crippen LogP contribution in [0.3, 0.4) is 0 Å². The van der Waals surface area contributed by atoms with E-state index in [1.165, 1.54) is 36.2 Å². The molecule has 0 bridgehead atoms. The molecule has 3 heterocycles. The quantitative estimate of drug-likeness (QED) is 0.259. The molecule has 40 heavy (non-hydrogen) atoms. The highest BCUT2D eigenvalue weighted by Gasteiger charge is 2.35. The van der Waals surface area contributed by atoms with Gasteiger partial charge in [0.2, 0.25) is 16.8 Å². The summed E-state index contributed by atoms with van der Waals surface area (Å²) in [7, 11) is -1.15. The van der Waals surface area contributed by atoms with Gasteiger partial charge in [-0.25, -0.2) is 13.4 Å². The van der Waals surface area contributed by atoms with Gasteiger partial charge in [0.15, 0.2) is 5.82 Å². The molecule has 3 N–H and O–H groups in total. The number of para-hydroxylation sites is 2. The molecule has 5 rings (SSSR count). The van der Waals surface area contributed by atoms with Gasteiger partial charge < -0.3 is 25.6 Å². The van der Waals surface area contributed by atoms with Crippen LogP contribution in [0.1, 0.15) is 32.6 Å². The van der Waals surface area contributed by atoms with Crippen LogP contribution in [-0.2, 0) is 10.9 Å². The summed E-state index contributed by atoms with van der Waals surface area (Å²) >= 11 is 6.41. The van der Waals surface area contributed by atoms with E-state index in [-0.39, 0.29) is 0 Å². The summed E-state index contributed by atoms with van der Waals surface area (Å²) in [4.78, 5) is 11.3. The van der Waals surface area contributed by atoms with Crippen LogP contribution in [0.25, 0.3) is 0 Å². The molecule has 3 aromatic rings. The number of halogens is 1. The number of methoxy groups -OCH3 is 1. The minimum atomic E-state index is -2.80. The molecule has 2 aliphatic heterocycles. The lowest BCUT2D eigenvalue weighted by Gasteiger charge is -2.45. The molecule has 1 spiro atoms. The number of hydrogen-bond donors (Lipinski definition) is 4. The maximum atomic E-state index is 11.8. The molecule has 0 atom stereocenters. The van der Waals surface area contributed by atoms with Gasteiger partial charge in [0.25, 0.3) is 0 Å². The fourth-order valence-corrected chi connectivity index (χ4v) is 6.34. The number of aromatic nitrogens is 2. The second-order valence-electron chi connectivity index (χ2n) is 10.2. The molecule has 2 fully saturated rings. The third-order valence-electron chi connectivity index (χ3n) is 7.96. The third-order valence-corrected chi connectivity index (χ3v) is 9.13. The van der Waals surface area contributed by atoms with Crippen molar-refractivity contribution in [3.05, 3.63) is 53.7 Å². The van der Waals surface area contributed by atoms with Crippen LogP contribution < -0.4 is 29.9 Å². The van der Waals surface area contributed by atoms with Gasteiger partial charge in [0.1, 0.15) is 10.8 Å². The summed E-state index contributed by atoms with van der Waals surface area (Å²) in [6.45, 7) is 6.42. The molecular weight excluding hydrogens is 550 g/mol. The van der Waals surface area contributed by atoms with Gasteiger partial charge >= 0.3 is 0 Å². The van der Waals surface area contributed by atoms with Gasteiger partial charge in [-0.2, -0.15) is 4.98 Å². The van der Waals surface area contributed by atoms with Crippen LogP contribution in [0.2, 0.25) is 5.02 Å². The van der Waals surface area contributed by atoms with Crippen molar-refractivity contribution >= 4 is 57.0 Å². The monoisotopic (exact) mass is 585 g/mol. The van der Waals surface area contributed by atoms with Crippen molar-refractivity contribution in [2.24, 2.45) is 5.41 Å². The van der Waals surface area contributed by atoms with Crippen LogP contribution in [0, 0.1) is 5.41 Å². The number of rotatable bonds is 9. The predicted octanol–water partition coefficient (Wildman–Crippen LogP) is 4.95. The molecule has 0 amide bonds. The largest absolute Gasteiger partial charge is 0.494 e. The normalized spacial score (nSPS) is 16.6. The van der Waals surface area contributed by atoms with Crippen molar-refractivity contribution in [3.8, 4) is 5.75 Å². The predicted molar refractivity (Wildman–Crippen MR) is 162 cm³/mol. The zero-order valence-corrected chi connectivity index (χ0v) is 24.5. The molecule has 10 nitrogen and oxygen atoms in total. The van der Waals surface area contributed by atoms with Crippen molar-refractivity contribution in [1.82, 2.24) is 15.3 Å². The highest BCUT2D eigenvalue weighted by atomic mass is 35.5. The molecule has 0 saturated carbocycles. The Bertz CT molecular complexity index is 1400. The SMILES string of the molecule is CCN(c1ccccc1Nc1nc(Nc2ccc(N3CCC4(CCNCC4)CC3)cc2OC)ncc1Cl)[SH](=O)=O. The first kappa shape index (κ1) is 28.3. The highest BCUT2D eigenvalue weighted by Crippen LogP contribution is 2.41. The number of nitrogens with one attached hydrogen (secondary N) is 3. The summed E-state index contributed by atoms with van der Waals surface area (Å²) in [6.07, 6.45) is 6.47. The first-order valence-corrected chi connectivity index (χ1v) is 15.1. The smallest absolute Gasteiger partial charge is 0.229 e. The zero-order chi connectivity index (χ0) is 28.1. The lowest BCUT2D eigenvalue weighted by Crippen LogP contribution is -2.45. The fraction of sp³-hybridized carbons (Fsp3) is 0.429. The Balaban J connectivity index is 1.32. The maximum Gasteiger partial charge on any atom is 0.229 e. The minimum Gasteiger partial charge on any atom is -0.494 e. The molecule has 0 unspecified atom stereocenters. The summed E-state index contributed by atoms with van der Waals surface area (Å²) in [6, 6.07) is 13.2. The molecule has 12 heteroatoms. The number of hydrogen-bond acceptors (Lipinski definition) is 9. The Morgan fingerprint density at radius 2 is 1.82 bits per heavy atom. The van der Waals surface area contributed by atoms with E-state index in [9.17, 15) is 8.42 Å². The molecule has 1 aromatic heterocycles. The Hall–Kier alpha value is -3.28. The van der Waals surface area contributed by atoms with Gasteiger partial charge in [-0.05, 0) is 75.4 Å². The molecule has 2 saturated heterocycles. The number of piperidine rings is 2. The van der Waals surface area contributed by atoms with Gasteiger partial charge in [0, 0.05) is 31.4 Å². The van der Waals surface area contributed by atoms with Crippen LogP contribution in [0.4, 0.5) is 34.5 Å². The minimum absolute atomic E-state index is 0.299. The van der Waals surface area contributed by atoms with Crippen molar-refractivity contribution in [2.45, 2.75) is 32.6 Å². The number of benzene rings is 2. The van der Waals surface area contributed by atoms with Gasteiger partial charge in [-0.3, -0.25) is 4.31 Å². The van der Waals surface area contributed by atoms with Crippen molar-refractivity contribution < 1.29 is 13.2 Å². The van der Waals surface area contributed by atoms with E-state index in [0.717, 1.165) is 37.6 Å². The standard InChI is InChI=1S/C28H36ClN7O3S/c1-3-36(40(37)38)24-7-5-4-6-22(24)32-26-21(29)19-31-27(34-26)33-23-9-8-20(18-25(23)39-2)35-16-12-28(13-17-35)10-14-30-15-11-28/h4-9,18-19,30,40H,3,10-17H2,1-2H3,(H2,31,32,33,34). The molecular formula is C28H36ClN7O3S. The van der Waals surface area contributed by atoms with Crippen molar-refractivity contribution in [3.63, 3.8) is 0 Å². The van der Waals surface area contributed by atoms with Crippen molar-refractivity contribution in [2.75, 3.05) is 59.7 Å². The molecule has 0 aliphatic carbocycles. The second kappa shape index (κ2) is 12.5. The van der Waals surface area contributed by atoms with Gasteiger partial charge in [-0.1, -0.05) is 23.7 Å². The highest BCUT2D eigenvalue weighted by molar-refractivity contribution is 7.74. The van der Waals surface area contributed by atoms with Gasteiger partial charge in [-0.15, -0.1) is 0 Å². The van der Waals surface area contributed by atoms with Crippen LogP contribution in [0.15, 0.2) is 48.7 Å². The van der Waals surface area contributed by atoms with Crippen LogP contribution in [0.5, 0.6) is 5.75 Å². The van der Waals surface area contributed by atoms with E-state index in [4.69, 9.17) is 16.3 Å². The average Bonchev–Trinajstić information content (AvgIpc) is 2.97. The first-order chi connectivity index (χ1) is 19.4. The number of ether oxygens (including phenoxy) is 1. The van der Waals surface area contributed by atoms with E-state index in [1.54, 1.807) is 32.2 Å². The van der Waals surface area contributed by atoms with E-state index >= 15 is 0 Å². The summed E-state index contributed by atoms with van der Waals surface area (Å²) in [5, 5.41) is 10.2. The second-order valence-corrected chi connectivity index (χ2v) is 11.6. The number of thiol groups is 1. The summed E-state index contributed by atoms with van der Waals surface area (Å²) in [5.41, 5.74) is 3.43. The van der Waals surface area contributed by atoms with E-state index in [1.807, 2.05) is 12.1 Å². The maximum absolute atomic E-state index is 11.8. The van der Waals surface area contributed by atoms with Crippen LogP contribution in [-0.4, -0.2) is 58.2 Å². The van der Waals surface area contributed by atoms with E-state index < -0.39 is 10.9 Å². The number of nitrogens with zero attached hydrogens (tertiary/aromatic N) is 4. The molecule has 0 radical (unpaired) electrons. The van der Waals surface area contributed by atoms with E-state index in [0.29, 0.717) is 45.9 Å². The lowest BCUT2D eigenvalue weighted by atomic mass is 9.71. The molecule has 2 aromatic carbocycles. The lowest BCUT2D eigenvalue weighted by molar-refractivity contribution is 0.155. The Morgan fingerprint density at radius 3 is 2.52 bits per heavy atom. The fourth-order valence-electron chi connectivity index (χ4n) is 5.62. The molecule has 2 aliphatic rings. The van der Waals surface area contributed by atoms with Gasteiger partial charge in [0.05, 0.1) is 30.4 Å². The third kappa shape index (κ3) is 6.21. The first-order valence-electron chi connectivity index (χ1n) is 13.6. The van der Waals surface area contributed by atoms with Crippen molar-refractivity contribution in [1.29, 1.82) is 0 Å². The van der Waals surface area contributed by atoms with Crippen LogP contribution >= 0.6 is 11.6 Å². The topological polar surface area (TPSA) is 112 Å². The Morgan fingerprint density at radius 1 is 1.07 bits per heavy atom. The average molecular weight is 586 g/mol. The Kier molecular flexibility index (Phi) is 8.82. The number of anilines is 6. The molecule has 214 valence electrons.